The van der Waals surface area contributed by atoms with Gasteiger partial charge < -0.3 is 19.6 Å². The van der Waals surface area contributed by atoms with Gasteiger partial charge in [0.25, 0.3) is 5.91 Å². The number of fused-ring (bicyclic) bond motifs is 1. The maximum absolute atomic E-state index is 11.5. The van der Waals surface area contributed by atoms with Crippen LogP contribution >= 0.6 is 0 Å². The first-order chi connectivity index (χ1) is 9.56. The van der Waals surface area contributed by atoms with Gasteiger partial charge in [-0.2, -0.15) is 0 Å². The number of hydrogen-bond donors (Lipinski definition) is 2. The number of carboxylic acid groups (broad SMARTS) is 1. The quantitative estimate of drug-likeness (QED) is 0.807. The molecule has 0 aliphatic rings. The number of pyridine rings is 1. The molecule has 2 aromatic rings. The number of carbonyl (C=O) groups is 2. The third-order valence-electron chi connectivity index (χ3n) is 2.59. The van der Waals surface area contributed by atoms with Gasteiger partial charge in [-0.3, -0.25) is 9.59 Å². The third-order valence-corrected chi connectivity index (χ3v) is 2.59. The highest BCUT2D eigenvalue weighted by atomic mass is 16.5. The number of imidazole rings is 1. The molecule has 0 unspecified atom stereocenters. The van der Waals surface area contributed by atoms with Crippen LogP contribution in [0.3, 0.4) is 0 Å². The molecule has 106 valence electrons. The number of carbonyl (C=O) groups excluding carboxylic acids is 1. The molecule has 0 aliphatic heterocycles. The average Bonchev–Trinajstić information content (AvgIpc) is 2.76. The highest BCUT2D eigenvalue weighted by Crippen LogP contribution is 2.18. The highest BCUT2D eigenvalue weighted by Gasteiger charge is 2.08. The predicted molar refractivity (Wildman–Crippen MR) is 70.7 cm³/mol. The molecule has 7 nitrogen and oxygen atoms in total. The lowest BCUT2D eigenvalue weighted by molar-refractivity contribution is -0.137. The van der Waals surface area contributed by atoms with E-state index in [1.54, 1.807) is 12.1 Å². The zero-order chi connectivity index (χ0) is 14.5. The Balaban J connectivity index is 1.92. The number of amides is 1. The summed E-state index contributed by atoms with van der Waals surface area (Å²) >= 11 is 0. The number of rotatable bonds is 6. The van der Waals surface area contributed by atoms with Gasteiger partial charge in [-0.25, -0.2) is 4.98 Å². The summed E-state index contributed by atoms with van der Waals surface area (Å²) < 4.78 is 7.22. The molecule has 2 aromatic heterocycles. The van der Waals surface area contributed by atoms with Gasteiger partial charge in [-0.05, 0) is 19.1 Å². The van der Waals surface area contributed by atoms with Crippen LogP contribution in [0.25, 0.3) is 5.65 Å². The van der Waals surface area contributed by atoms with Crippen molar-refractivity contribution in [3.8, 4) is 5.75 Å². The first-order valence-electron chi connectivity index (χ1n) is 6.12. The lowest BCUT2D eigenvalue weighted by Crippen LogP contribution is -2.30. The molecule has 0 fully saturated rings. The van der Waals surface area contributed by atoms with Crippen LogP contribution in [0.15, 0.2) is 24.5 Å². The Labute approximate surface area is 115 Å². The summed E-state index contributed by atoms with van der Waals surface area (Å²) in [5.74, 6) is -0.811. The topological polar surface area (TPSA) is 92.9 Å². The van der Waals surface area contributed by atoms with Crippen molar-refractivity contribution in [2.45, 2.75) is 13.3 Å². The van der Waals surface area contributed by atoms with E-state index >= 15 is 0 Å². The number of aliphatic carboxylic acids is 1. The van der Waals surface area contributed by atoms with E-state index in [4.69, 9.17) is 9.84 Å². The van der Waals surface area contributed by atoms with E-state index in [-0.39, 0.29) is 25.5 Å². The van der Waals surface area contributed by atoms with Crippen molar-refractivity contribution >= 4 is 17.5 Å². The monoisotopic (exact) mass is 277 g/mol. The number of hydrogen-bond acceptors (Lipinski definition) is 4. The maximum atomic E-state index is 11.5. The molecule has 20 heavy (non-hydrogen) atoms. The van der Waals surface area contributed by atoms with Crippen LogP contribution in [0.5, 0.6) is 5.75 Å². The molecule has 0 bridgehead atoms. The summed E-state index contributed by atoms with van der Waals surface area (Å²) in [4.78, 5) is 26.1. The van der Waals surface area contributed by atoms with Crippen molar-refractivity contribution in [2.75, 3.05) is 13.2 Å². The van der Waals surface area contributed by atoms with Crippen LogP contribution in [0.1, 0.15) is 12.1 Å². The van der Waals surface area contributed by atoms with E-state index in [1.807, 2.05) is 23.7 Å². The third kappa shape index (κ3) is 3.47. The van der Waals surface area contributed by atoms with Crippen molar-refractivity contribution in [1.29, 1.82) is 0 Å². The van der Waals surface area contributed by atoms with Gasteiger partial charge in [-0.15, -0.1) is 0 Å². The number of aromatic nitrogens is 2. The average molecular weight is 277 g/mol. The minimum Gasteiger partial charge on any atom is -0.481 e. The SMILES string of the molecule is Cc1cn2cccc(OCC(=O)NCCC(=O)O)c2n1. The van der Waals surface area contributed by atoms with Crippen molar-refractivity contribution in [3.63, 3.8) is 0 Å². The van der Waals surface area contributed by atoms with Crippen molar-refractivity contribution < 1.29 is 19.4 Å². The summed E-state index contributed by atoms with van der Waals surface area (Å²) in [5.41, 5.74) is 1.50. The molecular weight excluding hydrogens is 262 g/mol. The molecule has 2 rings (SSSR count). The van der Waals surface area contributed by atoms with Gasteiger partial charge in [0.05, 0.1) is 12.1 Å². The summed E-state index contributed by atoms with van der Waals surface area (Å²) in [5, 5.41) is 10.9. The van der Waals surface area contributed by atoms with E-state index in [0.29, 0.717) is 11.4 Å². The van der Waals surface area contributed by atoms with Crippen molar-refractivity contribution in [2.24, 2.45) is 0 Å². The number of aryl methyl sites for hydroxylation is 1. The van der Waals surface area contributed by atoms with Gasteiger partial charge in [0.2, 0.25) is 0 Å². The fourth-order valence-corrected chi connectivity index (χ4v) is 1.73. The second-order valence-electron chi connectivity index (χ2n) is 4.27. The van der Waals surface area contributed by atoms with Crippen LogP contribution in [-0.4, -0.2) is 39.5 Å². The number of nitrogens with zero attached hydrogens (tertiary/aromatic N) is 2. The minimum atomic E-state index is -0.955. The van der Waals surface area contributed by atoms with E-state index in [1.165, 1.54) is 0 Å². The molecule has 0 aromatic carbocycles. The molecule has 0 radical (unpaired) electrons. The minimum absolute atomic E-state index is 0.0875. The smallest absolute Gasteiger partial charge is 0.305 e. The molecule has 0 aliphatic carbocycles. The fraction of sp³-hybridized carbons (Fsp3) is 0.308. The Morgan fingerprint density at radius 3 is 3.05 bits per heavy atom. The van der Waals surface area contributed by atoms with Crippen LogP contribution in [0, 0.1) is 6.92 Å². The van der Waals surface area contributed by atoms with Gasteiger partial charge in [0.15, 0.2) is 18.0 Å². The van der Waals surface area contributed by atoms with Crippen LogP contribution in [-0.2, 0) is 9.59 Å². The maximum Gasteiger partial charge on any atom is 0.305 e. The Morgan fingerprint density at radius 2 is 2.30 bits per heavy atom. The molecule has 0 saturated heterocycles. The van der Waals surface area contributed by atoms with Crippen LogP contribution in [0.4, 0.5) is 0 Å². The number of nitrogens with one attached hydrogen (secondary N) is 1. The molecule has 2 heterocycles. The predicted octanol–water partition coefficient (Wildman–Crippen LogP) is 0.612. The first kappa shape index (κ1) is 13.9. The summed E-state index contributed by atoms with van der Waals surface area (Å²) in [6.45, 7) is 1.78. The largest absolute Gasteiger partial charge is 0.481 e. The Kier molecular flexibility index (Phi) is 4.19. The van der Waals surface area contributed by atoms with Gasteiger partial charge in [-0.1, -0.05) is 0 Å². The Hall–Kier alpha value is -2.57. The zero-order valence-electron chi connectivity index (χ0n) is 11.0. The molecule has 7 heteroatoms. The Bertz CT molecular complexity index is 636. The molecule has 0 spiro atoms. The molecule has 0 saturated carbocycles. The van der Waals surface area contributed by atoms with Gasteiger partial charge in [0.1, 0.15) is 0 Å². The van der Waals surface area contributed by atoms with E-state index < -0.39 is 5.97 Å². The number of carboxylic acids is 1. The standard InChI is InChI=1S/C13H15N3O4/c1-9-7-16-6-2-3-10(13(16)15-9)20-8-11(17)14-5-4-12(18)19/h2-3,6-7H,4-5,8H2,1H3,(H,14,17)(H,18,19). The zero-order valence-corrected chi connectivity index (χ0v) is 11.0. The second-order valence-corrected chi connectivity index (χ2v) is 4.27. The lowest BCUT2D eigenvalue weighted by atomic mass is 10.4. The van der Waals surface area contributed by atoms with Crippen molar-refractivity contribution in [3.05, 3.63) is 30.2 Å². The normalized spacial score (nSPS) is 10.4. The van der Waals surface area contributed by atoms with Gasteiger partial charge >= 0.3 is 5.97 Å². The Morgan fingerprint density at radius 1 is 1.50 bits per heavy atom. The second kappa shape index (κ2) is 6.05. The number of ether oxygens (including phenoxy) is 1. The molecule has 1 amide bonds. The lowest BCUT2D eigenvalue weighted by Gasteiger charge is -2.07. The summed E-state index contributed by atoms with van der Waals surface area (Å²) in [6, 6.07) is 3.53. The summed E-state index contributed by atoms with van der Waals surface area (Å²) in [7, 11) is 0. The van der Waals surface area contributed by atoms with Crippen LogP contribution in [0.2, 0.25) is 0 Å². The van der Waals surface area contributed by atoms with E-state index in [0.717, 1.165) is 5.69 Å². The first-order valence-corrected chi connectivity index (χ1v) is 6.12. The van der Waals surface area contributed by atoms with Crippen molar-refractivity contribution in [1.82, 2.24) is 14.7 Å². The molecule has 0 atom stereocenters. The summed E-state index contributed by atoms with van der Waals surface area (Å²) in [6.07, 6.45) is 3.59. The molecule has 2 N–H and O–H groups in total. The highest BCUT2D eigenvalue weighted by molar-refractivity contribution is 5.78. The van der Waals surface area contributed by atoms with E-state index in [9.17, 15) is 9.59 Å². The fourth-order valence-electron chi connectivity index (χ4n) is 1.73. The van der Waals surface area contributed by atoms with Gasteiger partial charge in [0, 0.05) is 18.9 Å². The molecular formula is C13H15N3O4. The van der Waals surface area contributed by atoms with E-state index in [2.05, 4.69) is 10.3 Å². The van der Waals surface area contributed by atoms with Crippen LogP contribution < -0.4 is 10.1 Å².